The first-order valence-electron chi connectivity index (χ1n) is 7.04. The molecule has 112 valence electrons. The van der Waals surface area contributed by atoms with Crippen molar-refractivity contribution in [1.29, 1.82) is 0 Å². The maximum absolute atomic E-state index is 12.5. The van der Waals surface area contributed by atoms with Crippen molar-refractivity contribution in [2.24, 2.45) is 0 Å². The topological polar surface area (TPSA) is 15.3 Å². The lowest BCUT2D eigenvalue weighted by Gasteiger charge is -2.35. The highest BCUT2D eigenvalue weighted by Gasteiger charge is 2.35. The zero-order chi connectivity index (χ0) is 14.8. The van der Waals surface area contributed by atoms with Crippen molar-refractivity contribution in [2.45, 2.75) is 39.0 Å². The number of hydrogen-bond donors (Lipinski definition) is 1. The van der Waals surface area contributed by atoms with Gasteiger partial charge in [-0.15, -0.1) is 0 Å². The number of fused-ring (bicyclic) bond motifs is 1. The highest BCUT2D eigenvalue weighted by atomic mass is 19.4. The minimum absolute atomic E-state index is 0.173. The molecule has 0 spiro atoms. The Morgan fingerprint density at radius 1 is 1.35 bits per heavy atom. The monoisotopic (exact) mass is 286 g/mol. The van der Waals surface area contributed by atoms with Gasteiger partial charge in [0.05, 0.1) is 6.54 Å². The molecular formula is C15H21F3N2. The third kappa shape index (κ3) is 3.73. The average molecular weight is 286 g/mol. The van der Waals surface area contributed by atoms with Gasteiger partial charge in [0.15, 0.2) is 0 Å². The number of hydrogen-bond acceptors (Lipinski definition) is 2. The predicted molar refractivity (Wildman–Crippen MR) is 73.6 cm³/mol. The third-order valence-corrected chi connectivity index (χ3v) is 3.84. The van der Waals surface area contributed by atoms with Gasteiger partial charge in [0.25, 0.3) is 0 Å². The Morgan fingerprint density at radius 2 is 2.10 bits per heavy atom. The van der Waals surface area contributed by atoms with E-state index in [1.807, 2.05) is 19.1 Å². The third-order valence-electron chi connectivity index (χ3n) is 3.84. The molecule has 1 unspecified atom stereocenters. The first-order chi connectivity index (χ1) is 9.40. The van der Waals surface area contributed by atoms with Crippen molar-refractivity contribution in [2.75, 3.05) is 19.6 Å². The van der Waals surface area contributed by atoms with Crippen LogP contribution in [0.4, 0.5) is 13.2 Å². The molecule has 0 radical (unpaired) electrons. The Morgan fingerprint density at radius 3 is 2.75 bits per heavy atom. The van der Waals surface area contributed by atoms with Crippen LogP contribution in [0.2, 0.25) is 0 Å². The molecule has 1 heterocycles. The zero-order valence-electron chi connectivity index (χ0n) is 11.9. The first-order valence-corrected chi connectivity index (χ1v) is 7.04. The molecule has 0 aliphatic carbocycles. The van der Waals surface area contributed by atoms with E-state index in [0.717, 1.165) is 18.7 Å². The van der Waals surface area contributed by atoms with Crippen LogP contribution in [0.5, 0.6) is 0 Å². The van der Waals surface area contributed by atoms with Crippen LogP contribution in [0.1, 0.15) is 36.6 Å². The smallest absolute Gasteiger partial charge is 0.313 e. The van der Waals surface area contributed by atoms with Crippen molar-refractivity contribution in [3.05, 3.63) is 34.9 Å². The van der Waals surface area contributed by atoms with Crippen LogP contribution in [-0.2, 0) is 13.0 Å². The second-order valence-corrected chi connectivity index (χ2v) is 5.33. The summed E-state index contributed by atoms with van der Waals surface area (Å²) < 4.78 is 37.6. The quantitative estimate of drug-likeness (QED) is 0.914. The van der Waals surface area contributed by atoms with Gasteiger partial charge in [0.2, 0.25) is 0 Å². The van der Waals surface area contributed by atoms with E-state index in [4.69, 9.17) is 0 Å². The fraction of sp³-hybridized carbons (Fsp3) is 0.600. The summed E-state index contributed by atoms with van der Waals surface area (Å²) in [5.41, 5.74) is 3.41. The lowest BCUT2D eigenvalue weighted by Crippen LogP contribution is -2.40. The summed E-state index contributed by atoms with van der Waals surface area (Å²) in [5.74, 6) is 0. The minimum atomic E-state index is -4.13. The van der Waals surface area contributed by atoms with Crippen molar-refractivity contribution in [3.63, 3.8) is 0 Å². The van der Waals surface area contributed by atoms with E-state index in [9.17, 15) is 13.2 Å². The SMILES string of the molecule is CCNCc1ccc2c(c1)CCN(CC(F)(F)F)C2C. The van der Waals surface area contributed by atoms with E-state index in [0.29, 0.717) is 13.0 Å². The van der Waals surface area contributed by atoms with Crippen LogP contribution >= 0.6 is 0 Å². The molecule has 1 aromatic rings. The Bertz CT molecular complexity index is 457. The van der Waals surface area contributed by atoms with Crippen molar-refractivity contribution >= 4 is 0 Å². The Hall–Kier alpha value is -1.07. The highest BCUT2D eigenvalue weighted by Crippen LogP contribution is 2.32. The fourth-order valence-corrected chi connectivity index (χ4v) is 2.76. The molecule has 0 fully saturated rings. The largest absolute Gasteiger partial charge is 0.401 e. The van der Waals surface area contributed by atoms with Crippen LogP contribution in [0.3, 0.4) is 0 Å². The Labute approximate surface area is 118 Å². The van der Waals surface area contributed by atoms with Crippen LogP contribution in [0.25, 0.3) is 0 Å². The Balaban J connectivity index is 2.12. The molecule has 0 amide bonds. The summed E-state index contributed by atoms with van der Waals surface area (Å²) in [6, 6.07) is 5.94. The summed E-state index contributed by atoms with van der Waals surface area (Å²) >= 11 is 0. The lowest BCUT2D eigenvalue weighted by atomic mass is 9.92. The van der Waals surface area contributed by atoms with Crippen molar-refractivity contribution in [3.8, 4) is 0 Å². The minimum Gasteiger partial charge on any atom is -0.313 e. The van der Waals surface area contributed by atoms with E-state index >= 15 is 0 Å². The molecule has 0 bridgehead atoms. The number of nitrogens with zero attached hydrogens (tertiary/aromatic N) is 1. The number of nitrogens with one attached hydrogen (secondary N) is 1. The lowest BCUT2D eigenvalue weighted by molar-refractivity contribution is -0.151. The normalized spacial score (nSPS) is 19.9. The van der Waals surface area contributed by atoms with Gasteiger partial charge >= 0.3 is 6.18 Å². The molecule has 2 nitrogen and oxygen atoms in total. The first kappa shape index (κ1) is 15.3. The molecule has 1 N–H and O–H groups in total. The average Bonchev–Trinajstić information content (AvgIpc) is 2.38. The van der Waals surface area contributed by atoms with Gasteiger partial charge in [0, 0.05) is 19.1 Å². The maximum Gasteiger partial charge on any atom is 0.401 e. The van der Waals surface area contributed by atoms with Crippen molar-refractivity contribution in [1.82, 2.24) is 10.2 Å². The van der Waals surface area contributed by atoms with E-state index in [2.05, 4.69) is 18.3 Å². The van der Waals surface area contributed by atoms with Crippen LogP contribution in [0, 0.1) is 0 Å². The van der Waals surface area contributed by atoms with Gasteiger partial charge in [-0.05, 0) is 36.6 Å². The standard InChI is InChI=1S/C15H21F3N2/c1-3-19-9-12-4-5-14-11(2)20(10-15(16,17)18)7-6-13(14)8-12/h4-5,8,11,19H,3,6-7,9-10H2,1-2H3. The molecule has 1 aliphatic heterocycles. The second kappa shape index (κ2) is 6.14. The maximum atomic E-state index is 12.5. The van der Waals surface area contributed by atoms with Gasteiger partial charge < -0.3 is 5.32 Å². The van der Waals surface area contributed by atoms with Crippen LogP contribution < -0.4 is 5.32 Å². The highest BCUT2D eigenvalue weighted by molar-refractivity contribution is 5.36. The summed E-state index contributed by atoms with van der Waals surface area (Å²) in [7, 11) is 0. The molecule has 1 aromatic carbocycles. The Kier molecular flexibility index (Phi) is 4.70. The summed E-state index contributed by atoms with van der Waals surface area (Å²) in [6.07, 6.45) is -3.44. The summed E-state index contributed by atoms with van der Waals surface area (Å²) in [5, 5.41) is 3.26. The number of alkyl halides is 3. The van der Waals surface area contributed by atoms with Gasteiger partial charge in [-0.25, -0.2) is 0 Å². The molecule has 1 atom stereocenters. The van der Waals surface area contributed by atoms with Gasteiger partial charge in [-0.3, -0.25) is 4.90 Å². The van der Waals surface area contributed by atoms with Crippen molar-refractivity contribution < 1.29 is 13.2 Å². The molecule has 1 aliphatic rings. The van der Waals surface area contributed by atoms with E-state index in [1.165, 1.54) is 16.0 Å². The molecule has 2 rings (SSSR count). The molecular weight excluding hydrogens is 265 g/mol. The molecule has 5 heteroatoms. The second-order valence-electron chi connectivity index (χ2n) is 5.33. The van der Waals surface area contributed by atoms with E-state index in [-0.39, 0.29) is 6.04 Å². The summed E-state index contributed by atoms with van der Waals surface area (Å²) in [6.45, 7) is 5.27. The van der Waals surface area contributed by atoms with Gasteiger partial charge in [-0.2, -0.15) is 13.2 Å². The molecule has 20 heavy (non-hydrogen) atoms. The van der Waals surface area contributed by atoms with E-state index < -0.39 is 12.7 Å². The van der Waals surface area contributed by atoms with Gasteiger partial charge in [-0.1, -0.05) is 25.1 Å². The number of halogens is 3. The molecule has 0 saturated carbocycles. The predicted octanol–water partition coefficient (Wildman–Crippen LogP) is 3.28. The zero-order valence-corrected chi connectivity index (χ0v) is 11.9. The number of benzene rings is 1. The van der Waals surface area contributed by atoms with Gasteiger partial charge in [0.1, 0.15) is 0 Å². The summed E-state index contributed by atoms with van der Waals surface area (Å²) in [4.78, 5) is 1.51. The molecule has 0 saturated heterocycles. The number of rotatable bonds is 4. The molecule has 0 aromatic heterocycles. The van der Waals surface area contributed by atoms with E-state index in [1.54, 1.807) is 0 Å². The fourth-order valence-electron chi connectivity index (χ4n) is 2.76. The van der Waals surface area contributed by atoms with Crippen LogP contribution in [0.15, 0.2) is 18.2 Å². The van der Waals surface area contributed by atoms with Crippen LogP contribution in [-0.4, -0.2) is 30.7 Å².